The summed E-state index contributed by atoms with van der Waals surface area (Å²) in [5.41, 5.74) is 11.2. The van der Waals surface area contributed by atoms with Gasteiger partial charge in [-0.1, -0.05) is 12.1 Å². The molecule has 3 aromatic rings. The first-order valence-corrected chi connectivity index (χ1v) is 8.75. The van der Waals surface area contributed by atoms with Crippen molar-refractivity contribution in [1.29, 1.82) is 0 Å². The molecule has 0 atom stereocenters. The zero-order valence-corrected chi connectivity index (χ0v) is 15.0. The van der Waals surface area contributed by atoms with Gasteiger partial charge in [-0.25, -0.2) is 4.79 Å². The molecular formula is C20H22N4O2. The third kappa shape index (κ3) is 2.45. The number of aromatic nitrogens is 1. The van der Waals surface area contributed by atoms with Gasteiger partial charge in [0, 0.05) is 42.3 Å². The number of carbonyl (C=O) groups excluding carboxylic acids is 1. The Morgan fingerprint density at radius 2 is 1.96 bits per heavy atom. The van der Waals surface area contributed by atoms with Gasteiger partial charge in [0.05, 0.1) is 24.0 Å². The van der Waals surface area contributed by atoms with Crippen molar-refractivity contribution < 1.29 is 9.53 Å². The number of nitrogens with zero attached hydrogens (tertiary/aromatic N) is 2. The highest BCUT2D eigenvalue weighted by Gasteiger charge is 2.22. The summed E-state index contributed by atoms with van der Waals surface area (Å²) >= 11 is 0. The molecule has 0 unspecified atom stereocenters. The number of hydrogen-bond acceptors (Lipinski definition) is 3. The fraction of sp³-hybridized carbons (Fsp3) is 0.250. The number of carbonyl (C=O) groups is 1. The van der Waals surface area contributed by atoms with Gasteiger partial charge in [0.25, 0.3) is 0 Å². The average Bonchev–Trinajstić information content (AvgIpc) is 3.22. The predicted molar refractivity (Wildman–Crippen MR) is 105 cm³/mol. The van der Waals surface area contributed by atoms with E-state index in [1.807, 2.05) is 42.5 Å². The Labute approximate surface area is 152 Å². The van der Waals surface area contributed by atoms with E-state index in [0.29, 0.717) is 13.1 Å². The molecule has 4 rings (SSSR count). The number of methoxy groups -OCH3 is 1. The molecule has 134 valence electrons. The first-order valence-electron chi connectivity index (χ1n) is 8.75. The maximum atomic E-state index is 11.8. The molecule has 1 aliphatic rings. The molecule has 0 radical (unpaired) electrons. The Hall–Kier alpha value is -3.15. The molecule has 6 nitrogen and oxygen atoms in total. The van der Waals surface area contributed by atoms with Crippen LogP contribution in [0.4, 0.5) is 16.2 Å². The summed E-state index contributed by atoms with van der Waals surface area (Å²) in [6.45, 7) is 4.27. The lowest BCUT2D eigenvalue weighted by molar-refractivity contribution is 0.252. The number of nitrogens with two attached hydrogens (primary N) is 1. The average molecular weight is 350 g/mol. The minimum atomic E-state index is -0.0490. The summed E-state index contributed by atoms with van der Waals surface area (Å²) in [6.07, 6.45) is 0. The Morgan fingerprint density at radius 3 is 2.58 bits per heavy atom. The van der Waals surface area contributed by atoms with E-state index in [9.17, 15) is 4.79 Å². The topological polar surface area (TPSA) is 72.5 Å². The number of nitrogens with one attached hydrogen (secondary N) is 1. The lowest BCUT2D eigenvalue weighted by Gasteiger charge is -2.15. The monoisotopic (exact) mass is 350 g/mol. The van der Waals surface area contributed by atoms with E-state index < -0.39 is 0 Å². The number of hydrogen-bond donors (Lipinski definition) is 2. The van der Waals surface area contributed by atoms with Crippen molar-refractivity contribution in [3.05, 3.63) is 42.5 Å². The van der Waals surface area contributed by atoms with E-state index in [0.717, 1.165) is 45.8 Å². The third-order valence-corrected chi connectivity index (χ3v) is 4.94. The van der Waals surface area contributed by atoms with Crippen LogP contribution in [0.25, 0.3) is 22.2 Å². The van der Waals surface area contributed by atoms with Crippen LogP contribution in [0.5, 0.6) is 5.75 Å². The molecule has 1 saturated heterocycles. The maximum absolute atomic E-state index is 11.8. The van der Waals surface area contributed by atoms with Gasteiger partial charge in [-0.3, -0.25) is 4.90 Å². The molecule has 0 aliphatic carbocycles. The standard InChI is InChI=1S/C20H22N4O2/c1-3-23-17-12-15(26-2)8-9-16(17)18(21)19(23)13-4-6-14(7-5-13)24-11-10-22-20(24)25/h4-9,12H,3,10-11,21H2,1-2H3,(H,22,25). The fourth-order valence-corrected chi connectivity index (χ4v) is 3.64. The number of nitrogen functional groups attached to an aromatic ring is 1. The number of benzene rings is 2. The molecule has 1 fully saturated rings. The van der Waals surface area contributed by atoms with Gasteiger partial charge in [0.15, 0.2) is 0 Å². The summed E-state index contributed by atoms with van der Waals surface area (Å²) in [7, 11) is 1.66. The summed E-state index contributed by atoms with van der Waals surface area (Å²) in [5.74, 6) is 0.812. The maximum Gasteiger partial charge on any atom is 0.321 e. The van der Waals surface area contributed by atoms with Gasteiger partial charge in [-0.2, -0.15) is 0 Å². The van der Waals surface area contributed by atoms with Crippen LogP contribution in [-0.4, -0.2) is 30.8 Å². The van der Waals surface area contributed by atoms with Crippen molar-refractivity contribution >= 4 is 28.3 Å². The normalized spacial score (nSPS) is 14.1. The molecule has 0 spiro atoms. The zero-order valence-electron chi connectivity index (χ0n) is 15.0. The Kier molecular flexibility index (Phi) is 3.95. The molecule has 1 aliphatic heterocycles. The molecule has 6 heteroatoms. The fourth-order valence-electron chi connectivity index (χ4n) is 3.64. The van der Waals surface area contributed by atoms with Crippen molar-refractivity contribution in [3.63, 3.8) is 0 Å². The number of anilines is 2. The quantitative estimate of drug-likeness (QED) is 0.757. The van der Waals surface area contributed by atoms with Gasteiger partial charge >= 0.3 is 6.03 Å². The molecule has 0 bridgehead atoms. The number of amides is 2. The highest BCUT2D eigenvalue weighted by Crippen LogP contribution is 2.38. The predicted octanol–water partition coefficient (Wildman–Crippen LogP) is 3.45. The smallest absolute Gasteiger partial charge is 0.321 e. The van der Waals surface area contributed by atoms with Crippen molar-refractivity contribution in [1.82, 2.24) is 9.88 Å². The molecular weight excluding hydrogens is 328 g/mol. The minimum absolute atomic E-state index is 0.0490. The van der Waals surface area contributed by atoms with Crippen molar-refractivity contribution in [3.8, 4) is 17.0 Å². The number of urea groups is 1. The molecule has 3 N–H and O–H groups in total. The van der Waals surface area contributed by atoms with Crippen molar-refractivity contribution in [2.45, 2.75) is 13.5 Å². The van der Waals surface area contributed by atoms with E-state index >= 15 is 0 Å². The van der Waals surface area contributed by atoms with E-state index in [-0.39, 0.29) is 6.03 Å². The second-order valence-electron chi connectivity index (χ2n) is 6.32. The number of aryl methyl sites for hydroxylation is 1. The Bertz CT molecular complexity index is 976. The minimum Gasteiger partial charge on any atom is -0.497 e. The van der Waals surface area contributed by atoms with Crippen LogP contribution in [0.1, 0.15) is 6.92 Å². The Morgan fingerprint density at radius 1 is 1.19 bits per heavy atom. The van der Waals surface area contributed by atoms with Crippen molar-refractivity contribution in [2.24, 2.45) is 0 Å². The van der Waals surface area contributed by atoms with E-state index in [1.165, 1.54) is 0 Å². The summed E-state index contributed by atoms with van der Waals surface area (Å²) < 4.78 is 7.56. The molecule has 2 heterocycles. The van der Waals surface area contributed by atoms with Crippen LogP contribution in [0.15, 0.2) is 42.5 Å². The second-order valence-corrected chi connectivity index (χ2v) is 6.32. The van der Waals surface area contributed by atoms with Gasteiger partial charge in [0.1, 0.15) is 5.75 Å². The van der Waals surface area contributed by atoms with Gasteiger partial charge in [-0.05, 0) is 31.2 Å². The van der Waals surface area contributed by atoms with Gasteiger partial charge in [0.2, 0.25) is 0 Å². The molecule has 0 saturated carbocycles. The van der Waals surface area contributed by atoms with E-state index in [4.69, 9.17) is 10.5 Å². The summed E-state index contributed by atoms with van der Waals surface area (Å²) in [4.78, 5) is 13.6. The first kappa shape index (κ1) is 16.3. The van der Waals surface area contributed by atoms with Crippen molar-refractivity contribution in [2.75, 3.05) is 30.8 Å². The van der Waals surface area contributed by atoms with E-state index in [1.54, 1.807) is 12.0 Å². The second kappa shape index (κ2) is 6.29. The summed E-state index contributed by atoms with van der Waals surface area (Å²) in [5, 5.41) is 3.84. The number of fused-ring (bicyclic) bond motifs is 1. The lowest BCUT2D eigenvalue weighted by Crippen LogP contribution is -2.27. The summed E-state index contributed by atoms with van der Waals surface area (Å²) in [6, 6.07) is 13.9. The Balaban J connectivity index is 1.81. The highest BCUT2D eigenvalue weighted by atomic mass is 16.5. The molecule has 1 aromatic heterocycles. The largest absolute Gasteiger partial charge is 0.497 e. The molecule has 2 aromatic carbocycles. The van der Waals surface area contributed by atoms with Crippen LogP contribution < -0.4 is 20.7 Å². The SMILES string of the molecule is CCn1c(-c2ccc(N3CCNC3=O)cc2)c(N)c2ccc(OC)cc21. The first-order chi connectivity index (χ1) is 12.6. The third-order valence-electron chi connectivity index (χ3n) is 4.94. The van der Waals surface area contributed by atoms with Crippen LogP contribution in [0.2, 0.25) is 0 Å². The van der Waals surface area contributed by atoms with Crippen LogP contribution in [-0.2, 0) is 6.54 Å². The number of rotatable bonds is 4. The highest BCUT2D eigenvalue weighted by molar-refractivity contribution is 6.01. The number of ether oxygens (including phenoxy) is 1. The molecule has 2 amide bonds. The lowest BCUT2D eigenvalue weighted by atomic mass is 10.1. The molecule has 26 heavy (non-hydrogen) atoms. The van der Waals surface area contributed by atoms with Crippen LogP contribution in [0, 0.1) is 0 Å². The van der Waals surface area contributed by atoms with Crippen LogP contribution in [0.3, 0.4) is 0 Å². The van der Waals surface area contributed by atoms with E-state index in [2.05, 4.69) is 16.8 Å². The van der Waals surface area contributed by atoms with Crippen LogP contribution >= 0.6 is 0 Å². The zero-order chi connectivity index (χ0) is 18.3. The van der Waals surface area contributed by atoms with Gasteiger partial charge in [-0.15, -0.1) is 0 Å². The van der Waals surface area contributed by atoms with Gasteiger partial charge < -0.3 is 20.4 Å².